The van der Waals surface area contributed by atoms with E-state index in [4.69, 9.17) is 26.1 Å². The predicted octanol–water partition coefficient (Wildman–Crippen LogP) is 6.59. The SMILES string of the molecule is C=CCOc1c(Cl)cc(/C=C2/SC(=NCc3ccccc3)N(Cc3ccccc3)C2=O)cc1OC. The average molecular weight is 505 g/mol. The molecule has 3 aromatic rings. The zero-order valence-electron chi connectivity index (χ0n) is 19.3. The normalized spacial score (nSPS) is 15.6. The molecule has 1 fully saturated rings. The minimum atomic E-state index is -0.104. The fraction of sp³-hybridized carbons (Fsp3) is 0.143. The summed E-state index contributed by atoms with van der Waals surface area (Å²) >= 11 is 7.82. The number of benzene rings is 3. The van der Waals surface area contributed by atoms with Crippen molar-refractivity contribution < 1.29 is 14.3 Å². The van der Waals surface area contributed by atoms with Crippen molar-refractivity contribution in [3.05, 3.63) is 112 Å². The second-order valence-corrected chi connectivity index (χ2v) is 9.12. The Balaban J connectivity index is 1.65. The molecular weight excluding hydrogens is 480 g/mol. The Hall–Kier alpha value is -3.48. The van der Waals surface area contributed by atoms with Crippen LogP contribution in [0, 0.1) is 0 Å². The van der Waals surface area contributed by atoms with Crippen molar-refractivity contribution in [1.82, 2.24) is 4.90 Å². The van der Waals surface area contributed by atoms with Gasteiger partial charge >= 0.3 is 0 Å². The van der Waals surface area contributed by atoms with Gasteiger partial charge in [0.1, 0.15) is 6.61 Å². The number of hydrogen-bond acceptors (Lipinski definition) is 5. The molecule has 1 aliphatic rings. The van der Waals surface area contributed by atoms with E-state index in [2.05, 4.69) is 6.58 Å². The molecule has 0 saturated carbocycles. The van der Waals surface area contributed by atoms with E-state index in [1.54, 1.807) is 30.2 Å². The molecule has 1 saturated heterocycles. The largest absolute Gasteiger partial charge is 0.493 e. The summed E-state index contributed by atoms with van der Waals surface area (Å²) in [7, 11) is 1.55. The maximum Gasteiger partial charge on any atom is 0.267 e. The van der Waals surface area contributed by atoms with Gasteiger partial charge in [0.2, 0.25) is 0 Å². The number of nitrogens with zero attached hydrogens (tertiary/aromatic N) is 2. The van der Waals surface area contributed by atoms with Gasteiger partial charge in [0, 0.05) is 0 Å². The van der Waals surface area contributed by atoms with Gasteiger partial charge < -0.3 is 9.47 Å². The Morgan fingerprint density at radius 1 is 1.06 bits per heavy atom. The summed E-state index contributed by atoms with van der Waals surface area (Å²) in [6.45, 7) is 4.90. The molecule has 0 aliphatic carbocycles. The minimum absolute atomic E-state index is 0.104. The van der Waals surface area contributed by atoms with Crippen LogP contribution < -0.4 is 9.47 Å². The fourth-order valence-electron chi connectivity index (χ4n) is 3.53. The summed E-state index contributed by atoms with van der Waals surface area (Å²) in [6, 6.07) is 23.4. The van der Waals surface area contributed by atoms with Gasteiger partial charge in [0.15, 0.2) is 16.7 Å². The van der Waals surface area contributed by atoms with Crippen molar-refractivity contribution in [2.45, 2.75) is 13.1 Å². The Kier molecular flexibility index (Phi) is 8.29. The molecule has 178 valence electrons. The molecule has 0 radical (unpaired) electrons. The number of amidine groups is 1. The van der Waals surface area contributed by atoms with Crippen molar-refractivity contribution in [2.24, 2.45) is 4.99 Å². The van der Waals surface area contributed by atoms with E-state index in [-0.39, 0.29) is 5.91 Å². The first-order valence-electron chi connectivity index (χ1n) is 11.0. The topological polar surface area (TPSA) is 51.1 Å². The number of aliphatic imine (C=N–C) groups is 1. The Labute approximate surface area is 214 Å². The zero-order valence-corrected chi connectivity index (χ0v) is 20.9. The summed E-state index contributed by atoms with van der Waals surface area (Å²) in [5, 5.41) is 1.06. The number of rotatable bonds is 9. The van der Waals surface area contributed by atoms with Gasteiger partial charge in [-0.2, -0.15) is 0 Å². The number of amides is 1. The first kappa shape index (κ1) is 24.6. The van der Waals surface area contributed by atoms with Crippen molar-refractivity contribution >= 4 is 40.5 Å². The smallest absolute Gasteiger partial charge is 0.267 e. The van der Waals surface area contributed by atoms with Gasteiger partial charge in [0.25, 0.3) is 5.91 Å². The van der Waals surface area contributed by atoms with Gasteiger partial charge in [-0.3, -0.25) is 14.7 Å². The van der Waals surface area contributed by atoms with Crippen molar-refractivity contribution in [3.8, 4) is 11.5 Å². The first-order chi connectivity index (χ1) is 17.1. The number of carbonyl (C=O) groups excluding carboxylic acids is 1. The summed E-state index contributed by atoms with van der Waals surface area (Å²) in [6.07, 6.45) is 3.44. The lowest BCUT2D eigenvalue weighted by molar-refractivity contribution is -0.122. The lowest BCUT2D eigenvalue weighted by Crippen LogP contribution is -2.28. The minimum Gasteiger partial charge on any atom is -0.493 e. The van der Waals surface area contributed by atoms with E-state index in [1.807, 2.05) is 66.7 Å². The van der Waals surface area contributed by atoms with Crippen molar-refractivity contribution in [3.63, 3.8) is 0 Å². The summed E-state index contributed by atoms with van der Waals surface area (Å²) in [5.41, 5.74) is 2.85. The van der Waals surface area contributed by atoms with E-state index in [0.29, 0.717) is 46.3 Å². The van der Waals surface area contributed by atoms with E-state index >= 15 is 0 Å². The second-order valence-electron chi connectivity index (χ2n) is 7.71. The molecule has 0 N–H and O–H groups in total. The number of carbonyl (C=O) groups is 1. The number of ether oxygens (including phenoxy) is 2. The van der Waals surface area contributed by atoms with Crippen LogP contribution in [-0.4, -0.2) is 29.7 Å². The Morgan fingerprint density at radius 3 is 2.40 bits per heavy atom. The molecule has 35 heavy (non-hydrogen) atoms. The molecule has 0 aromatic heterocycles. The molecular formula is C28H25ClN2O3S. The third-order valence-electron chi connectivity index (χ3n) is 5.21. The van der Waals surface area contributed by atoms with E-state index in [0.717, 1.165) is 16.7 Å². The number of hydrogen-bond donors (Lipinski definition) is 0. The third kappa shape index (κ3) is 6.15. The van der Waals surface area contributed by atoms with Crippen LogP contribution in [0.4, 0.5) is 0 Å². The molecule has 7 heteroatoms. The van der Waals surface area contributed by atoms with Crippen LogP contribution in [-0.2, 0) is 17.9 Å². The van der Waals surface area contributed by atoms with Crippen LogP contribution >= 0.6 is 23.4 Å². The van der Waals surface area contributed by atoms with Crippen LogP contribution in [0.5, 0.6) is 11.5 Å². The zero-order chi connectivity index (χ0) is 24.6. The van der Waals surface area contributed by atoms with Crippen LogP contribution in [0.1, 0.15) is 16.7 Å². The molecule has 4 rings (SSSR count). The number of methoxy groups -OCH3 is 1. The number of thioether (sulfide) groups is 1. The molecule has 1 amide bonds. The third-order valence-corrected chi connectivity index (χ3v) is 6.53. The van der Waals surface area contributed by atoms with Crippen molar-refractivity contribution in [1.29, 1.82) is 0 Å². The fourth-order valence-corrected chi connectivity index (χ4v) is 4.78. The molecule has 3 aromatic carbocycles. The molecule has 0 bridgehead atoms. The van der Waals surface area contributed by atoms with Gasteiger partial charge in [-0.05, 0) is 46.7 Å². The Bertz CT molecular complexity index is 1260. The highest BCUT2D eigenvalue weighted by atomic mass is 35.5. The molecule has 0 unspecified atom stereocenters. The Morgan fingerprint density at radius 2 is 1.74 bits per heavy atom. The number of halogens is 1. The highest BCUT2D eigenvalue weighted by Gasteiger charge is 2.33. The van der Waals surface area contributed by atoms with Crippen molar-refractivity contribution in [2.75, 3.05) is 13.7 Å². The maximum atomic E-state index is 13.4. The maximum absolute atomic E-state index is 13.4. The van der Waals surface area contributed by atoms with E-state index < -0.39 is 0 Å². The summed E-state index contributed by atoms with van der Waals surface area (Å²) in [4.78, 5) is 20.5. The molecule has 1 aliphatic heterocycles. The highest BCUT2D eigenvalue weighted by Crippen LogP contribution is 2.39. The predicted molar refractivity (Wildman–Crippen MR) is 144 cm³/mol. The lowest BCUT2D eigenvalue weighted by Gasteiger charge is -2.15. The van der Waals surface area contributed by atoms with Crippen LogP contribution in [0.15, 0.2) is 95.3 Å². The van der Waals surface area contributed by atoms with Gasteiger partial charge in [0.05, 0.1) is 30.1 Å². The van der Waals surface area contributed by atoms with Crippen LogP contribution in [0.3, 0.4) is 0 Å². The van der Waals surface area contributed by atoms with Crippen LogP contribution in [0.25, 0.3) is 6.08 Å². The average Bonchev–Trinajstić information content (AvgIpc) is 3.17. The molecule has 1 heterocycles. The first-order valence-corrected chi connectivity index (χ1v) is 12.2. The lowest BCUT2D eigenvalue weighted by atomic mass is 10.1. The van der Waals surface area contributed by atoms with E-state index in [9.17, 15) is 4.79 Å². The monoisotopic (exact) mass is 504 g/mol. The highest BCUT2D eigenvalue weighted by molar-refractivity contribution is 8.18. The second kappa shape index (κ2) is 11.8. The molecule has 0 atom stereocenters. The molecule has 5 nitrogen and oxygen atoms in total. The van der Waals surface area contributed by atoms with E-state index in [1.165, 1.54) is 11.8 Å². The quantitative estimate of drug-likeness (QED) is 0.244. The standard InChI is InChI=1S/C28H25ClN2O3S/c1-3-14-34-26-23(29)15-22(16-24(26)33-2)17-25-27(32)31(19-21-12-8-5-9-13-21)28(35-25)30-18-20-10-6-4-7-11-20/h3-13,15-17H,1,14,18-19H2,2H3/b25-17+,30-28?. The van der Waals surface area contributed by atoms with Gasteiger partial charge in [-0.15, -0.1) is 0 Å². The summed E-state index contributed by atoms with van der Waals surface area (Å²) < 4.78 is 11.1. The summed E-state index contributed by atoms with van der Waals surface area (Å²) in [5.74, 6) is 0.825. The van der Waals surface area contributed by atoms with Gasteiger partial charge in [-0.1, -0.05) is 84.9 Å². The van der Waals surface area contributed by atoms with Gasteiger partial charge in [-0.25, -0.2) is 0 Å². The molecule has 0 spiro atoms. The van der Waals surface area contributed by atoms with Crippen LogP contribution in [0.2, 0.25) is 5.02 Å².